The van der Waals surface area contributed by atoms with Gasteiger partial charge in [-0.3, -0.25) is 9.80 Å². The van der Waals surface area contributed by atoms with E-state index in [-0.39, 0.29) is 23.5 Å². The lowest BCUT2D eigenvalue weighted by Crippen LogP contribution is -2.44. The van der Waals surface area contributed by atoms with E-state index in [0.717, 1.165) is 37.6 Å². The number of methoxy groups -OCH3 is 1. The number of rotatable bonds is 7. The normalized spacial score (nSPS) is 21.0. The summed E-state index contributed by atoms with van der Waals surface area (Å²) in [7, 11) is 3.31. The predicted molar refractivity (Wildman–Crippen MR) is 85.5 cm³/mol. The molecule has 1 heterocycles. The van der Waals surface area contributed by atoms with Gasteiger partial charge in [-0.2, -0.15) is 0 Å². The zero-order valence-electron chi connectivity index (χ0n) is 13.1. The number of carbonyl (C=O) groups excluding carboxylic acids is 1. The van der Waals surface area contributed by atoms with Gasteiger partial charge in [0.05, 0.1) is 5.37 Å². The fourth-order valence-corrected chi connectivity index (χ4v) is 3.81. The highest BCUT2D eigenvalue weighted by molar-refractivity contribution is 8.00. The molecular weight excluding hydrogens is 324 g/mol. The highest BCUT2D eigenvalue weighted by Crippen LogP contribution is 2.40. The molecule has 0 bridgehead atoms. The fourth-order valence-electron chi connectivity index (χ4n) is 2.39. The monoisotopic (exact) mass is 345 g/mol. The number of hydrogen-bond acceptors (Lipinski definition) is 5. The fraction of sp³-hybridized carbons (Fsp3) is 0.533. The van der Waals surface area contributed by atoms with Crippen LogP contribution in [0.3, 0.4) is 0 Å². The van der Waals surface area contributed by atoms with E-state index in [0.29, 0.717) is 0 Å². The third-order valence-corrected chi connectivity index (χ3v) is 4.88. The summed E-state index contributed by atoms with van der Waals surface area (Å²) < 4.78 is 32.3. The number of nitrogens with one attached hydrogen (secondary N) is 2. The number of amides is 1. The molecule has 2 rings (SSSR count). The molecule has 23 heavy (non-hydrogen) atoms. The number of hydrogen-bond donors (Lipinski definition) is 2. The van der Waals surface area contributed by atoms with E-state index in [2.05, 4.69) is 10.7 Å². The van der Waals surface area contributed by atoms with E-state index in [9.17, 15) is 13.6 Å². The molecule has 2 atom stereocenters. The molecule has 2 unspecified atom stereocenters. The predicted octanol–water partition coefficient (Wildman–Crippen LogP) is 2.02. The Bertz CT molecular complexity index is 547. The smallest absolute Gasteiger partial charge is 0.263 e. The van der Waals surface area contributed by atoms with Crippen LogP contribution in [0.5, 0.6) is 0 Å². The van der Waals surface area contributed by atoms with Crippen molar-refractivity contribution in [1.82, 2.24) is 15.8 Å². The van der Waals surface area contributed by atoms with Gasteiger partial charge in [0.2, 0.25) is 0 Å². The Morgan fingerprint density at radius 2 is 2.26 bits per heavy atom. The maximum atomic E-state index is 14.0. The first kappa shape index (κ1) is 18.1. The molecule has 1 fully saturated rings. The Balaban J connectivity index is 2.14. The van der Waals surface area contributed by atoms with Crippen molar-refractivity contribution >= 4 is 17.7 Å². The van der Waals surface area contributed by atoms with Crippen LogP contribution in [0.25, 0.3) is 0 Å². The Labute approximate surface area is 138 Å². The summed E-state index contributed by atoms with van der Waals surface area (Å²) >= 11 is 1.40. The number of nitrogens with zero attached hydrogens (tertiary/aromatic N) is 1. The van der Waals surface area contributed by atoms with E-state index >= 15 is 0 Å². The van der Waals surface area contributed by atoms with Gasteiger partial charge in [-0.1, -0.05) is 0 Å². The summed E-state index contributed by atoms with van der Waals surface area (Å²) in [6, 6.07) is 3.34. The summed E-state index contributed by atoms with van der Waals surface area (Å²) in [6.45, 7) is 0.761. The van der Waals surface area contributed by atoms with Crippen molar-refractivity contribution in [1.29, 1.82) is 0 Å². The first-order chi connectivity index (χ1) is 11.1. The summed E-state index contributed by atoms with van der Waals surface area (Å²) in [6.07, 6.45) is 1.60. The van der Waals surface area contributed by atoms with Crippen LogP contribution in [-0.4, -0.2) is 43.6 Å². The molecule has 0 spiro atoms. The molecule has 1 aliphatic rings. The van der Waals surface area contributed by atoms with Gasteiger partial charge in [-0.05, 0) is 44.6 Å². The molecule has 0 saturated carbocycles. The Kier molecular flexibility index (Phi) is 6.76. The first-order valence-electron chi connectivity index (χ1n) is 7.39. The quantitative estimate of drug-likeness (QED) is 0.741. The van der Waals surface area contributed by atoms with Crippen LogP contribution in [0.15, 0.2) is 18.2 Å². The molecule has 0 aliphatic carbocycles. The number of halogens is 2. The Morgan fingerprint density at radius 1 is 1.48 bits per heavy atom. The van der Waals surface area contributed by atoms with Gasteiger partial charge in [-0.25, -0.2) is 14.2 Å². The van der Waals surface area contributed by atoms with Crippen molar-refractivity contribution in [3.8, 4) is 0 Å². The van der Waals surface area contributed by atoms with Crippen LogP contribution in [0.2, 0.25) is 0 Å². The second-order valence-corrected chi connectivity index (χ2v) is 6.50. The van der Waals surface area contributed by atoms with Gasteiger partial charge in [0.25, 0.3) is 5.91 Å². The summed E-state index contributed by atoms with van der Waals surface area (Å²) in [4.78, 5) is 12.2. The molecule has 1 aliphatic heterocycles. The summed E-state index contributed by atoms with van der Waals surface area (Å²) in [5.41, 5.74) is 3.19. The van der Waals surface area contributed by atoms with Crippen LogP contribution in [0.1, 0.15) is 23.8 Å². The van der Waals surface area contributed by atoms with Gasteiger partial charge in [0.1, 0.15) is 23.6 Å². The standard InChI is InChI=1S/C15H21F2N3O2S/c1-18-7-3-4-14-20(13(21)9-22-2)19-15(23-14)11-8-10(16)5-6-12(11)17/h5-6,8,14-15,18-19H,3-4,7,9H2,1-2H3. The number of benzene rings is 1. The average Bonchev–Trinajstić information content (AvgIpc) is 2.94. The third-order valence-electron chi connectivity index (χ3n) is 3.49. The molecule has 1 aromatic rings. The van der Waals surface area contributed by atoms with E-state index < -0.39 is 17.0 Å². The lowest BCUT2D eigenvalue weighted by molar-refractivity contribution is -0.138. The van der Waals surface area contributed by atoms with E-state index in [4.69, 9.17) is 4.74 Å². The maximum Gasteiger partial charge on any atom is 0.263 e. The van der Waals surface area contributed by atoms with Gasteiger partial charge < -0.3 is 10.1 Å². The lowest BCUT2D eigenvalue weighted by atomic mass is 10.2. The minimum absolute atomic E-state index is 0.0611. The van der Waals surface area contributed by atoms with E-state index in [1.807, 2.05) is 7.05 Å². The van der Waals surface area contributed by atoms with Crippen LogP contribution in [0, 0.1) is 11.6 Å². The van der Waals surface area contributed by atoms with Crippen molar-refractivity contribution in [2.75, 3.05) is 27.3 Å². The number of hydrazine groups is 1. The van der Waals surface area contributed by atoms with Crippen molar-refractivity contribution < 1.29 is 18.3 Å². The van der Waals surface area contributed by atoms with Crippen LogP contribution in [0.4, 0.5) is 8.78 Å². The van der Waals surface area contributed by atoms with Crippen molar-refractivity contribution in [2.24, 2.45) is 0 Å². The molecule has 128 valence electrons. The summed E-state index contributed by atoms with van der Waals surface area (Å²) in [5, 5.41) is 3.86. The second-order valence-electron chi connectivity index (χ2n) is 5.21. The Morgan fingerprint density at radius 3 is 2.96 bits per heavy atom. The first-order valence-corrected chi connectivity index (χ1v) is 8.33. The molecule has 5 nitrogen and oxygen atoms in total. The average molecular weight is 345 g/mol. The zero-order valence-corrected chi connectivity index (χ0v) is 14.0. The lowest BCUT2D eigenvalue weighted by Gasteiger charge is -2.23. The molecule has 1 saturated heterocycles. The number of ether oxygens (including phenoxy) is 1. The zero-order chi connectivity index (χ0) is 16.8. The number of carbonyl (C=O) groups is 1. The van der Waals surface area contributed by atoms with Crippen LogP contribution in [-0.2, 0) is 9.53 Å². The summed E-state index contributed by atoms with van der Waals surface area (Å²) in [5.74, 6) is -1.22. The van der Waals surface area contributed by atoms with Gasteiger partial charge >= 0.3 is 0 Å². The van der Waals surface area contributed by atoms with Crippen molar-refractivity contribution in [3.05, 3.63) is 35.4 Å². The molecule has 0 radical (unpaired) electrons. The highest BCUT2D eigenvalue weighted by atomic mass is 32.2. The molecular formula is C15H21F2N3O2S. The van der Waals surface area contributed by atoms with Crippen molar-refractivity contribution in [2.45, 2.75) is 23.6 Å². The SMILES string of the molecule is CNCCCC1SC(c2cc(F)ccc2F)NN1C(=O)COC. The Hall–Kier alpha value is -1.22. The maximum absolute atomic E-state index is 14.0. The number of thioether (sulfide) groups is 1. The minimum atomic E-state index is -0.508. The van der Waals surface area contributed by atoms with E-state index in [1.54, 1.807) is 0 Å². The van der Waals surface area contributed by atoms with E-state index in [1.165, 1.54) is 23.9 Å². The van der Waals surface area contributed by atoms with Gasteiger partial charge in [0.15, 0.2) is 0 Å². The molecule has 8 heteroatoms. The molecule has 1 amide bonds. The minimum Gasteiger partial charge on any atom is -0.375 e. The molecule has 1 aromatic carbocycles. The van der Waals surface area contributed by atoms with Gasteiger partial charge in [0, 0.05) is 12.7 Å². The highest BCUT2D eigenvalue weighted by Gasteiger charge is 2.37. The van der Waals surface area contributed by atoms with Crippen molar-refractivity contribution in [3.63, 3.8) is 0 Å². The molecule has 2 N–H and O–H groups in total. The topological polar surface area (TPSA) is 53.6 Å². The third kappa shape index (κ3) is 4.63. The van der Waals surface area contributed by atoms with Crippen LogP contribution >= 0.6 is 11.8 Å². The van der Waals surface area contributed by atoms with Gasteiger partial charge in [-0.15, -0.1) is 11.8 Å². The second kappa shape index (κ2) is 8.58. The van der Waals surface area contributed by atoms with Crippen LogP contribution < -0.4 is 10.7 Å². The largest absolute Gasteiger partial charge is 0.375 e. The molecule has 0 aromatic heterocycles.